The molecule has 5 aromatic rings. The molecule has 0 amide bonds. The smallest absolute Gasteiger partial charge is 0.143 e. The average Bonchev–Trinajstić information content (AvgIpc) is 2.99. The molecule has 1 nitrogen and oxygen atoms in total. The lowest BCUT2D eigenvalue weighted by Crippen LogP contribution is -1.81. The number of benzene rings is 4. The van der Waals surface area contributed by atoms with Crippen LogP contribution >= 0.6 is 0 Å². The molecule has 0 radical (unpaired) electrons. The van der Waals surface area contributed by atoms with Gasteiger partial charge in [0, 0.05) is 16.2 Å². The lowest BCUT2D eigenvalue weighted by atomic mass is 9.99. The summed E-state index contributed by atoms with van der Waals surface area (Å²) in [5.74, 6) is 0. The van der Waals surface area contributed by atoms with Crippen LogP contribution in [0.4, 0.5) is 0 Å². The van der Waals surface area contributed by atoms with Gasteiger partial charge in [-0.1, -0.05) is 61.9 Å². The molecule has 1 aromatic heterocycles. The molecule has 1 heteroatoms. The van der Waals surface area contributed by atoms with E-state index in [4.69, 9.17) is 4.42 Å². The fraction of sp³-hybridized carbons (Fsp3) is 0.130. The molecule has 0 spiro atoms. The summed E-state index contributed by atoms with van der Waals surface area (Å²) < 4.78 is 6.30. The molecule has 0 saturated heterocycles. The van der Waals surface area contributed by atoms with Gasteiger partial charge in [0.25, 0.3) is 0 Å². The van der Waals surface area contributed by atoms with Gasteiger partial charge in [-0.25, -0.2) is 0 Å². The Balaban J connectivity index is 1.89. The lowest BCUT2D eigenvalue weighted by Gasteiger charge is -2.04. The Morgan fingerprint density at radius 1 is 0.708 bits per heavy atom. The third-order valence-corrected chi connectivity index (χ3v) is 4.96. The van der Waals surface area contributed by atoms with E-state index < -0.39 is 0 Å². The molecular formula is C23H18O. The van der Waals surface area contributed by atoms with Crippen LogP contribution in [-0.4, -0.2) is 0 Å². The van der Waals surface area contributed by atoms with Crippen LogP contribution in [-0.2, 0) is 6.42 Å². The summed E-state index contributed by atoms with van der Waals surface area (Å²) in [6.45, 7) is 2.21. The number of aryl methyl sites for hydroxylation is 1. The number of rotatable bonds is 2. The first-order chi connectivity index (χ1) is 11.8. The molecule has 0 aliphatic rings. The molecule has 0 saturated carbocycles. The van der Waals surface area contributed by atoms with Crippen LogP contribution in [0.3, 0.4) is 0 Å². The first-order valence-electron chi connectivity index (χ1n) is 8.61. The van der Waals surface area contributed by atoms with Crippen LogP contribution in [0.25, 0.3) is 43.5 Å². The van der Waals surface area contributed by atoms with Gasteiger partial charge in [-0.2, -0.15) is 0 Å². The Hall–Kier alpha value is -2.80. The van der Waals surface area contributed by atoms with Crippen molar-refractivity contribution in [3.8, 4) is 0 Å². The van der Waals surface area contributed by atoms with Gasteiger partial charge in [0.05, 0.1) is 0 Å². The minimum atomic E-state index is 0.997. The molecule has 0 atom stereocenters. The molecule has 116 valence electrons. The quantitative estimate of drug-likeness (QED) is 0.325. The van der Waals surface area contributed by atoms with Gasteiger partial charge in [0.1, 0.15) is 11.2 Å². The summed E-state index contributed by atoms with van der Waals surface area (Å²) in [6.07, 6.45) is 2.25. The van der Waals surface area contributed by atoms with E-state index in [0.29, 0.717) is 0 Å². The van der Waals surface area contributed by atoms with Gasteiger partial charge in [-0.3, -0.25) is 0 Å². The fourth-order valence-electron chi connectivity index (χ4n) is 3.81. The molecule has 4 aromatic carbocycles. The summed E-state index contributed by atoms with van der Waals surface area (Å²) in [5.41, 5.74) is 3.34. The van der Waals surface area contributed by atoms with Crippen LogP contribution in [0, 0.1) is 0 Å². The zero-order valence-corrected chi connectivity index (χ0v) is 13.7. The van der Waals surface area contributed by atoms with E-state index in [2.05, 4.69) is 73.7 Å². The normalized spacial score (nSPS) is 11.9. The van der Waals surface area contributed by atoms with Gasteiger partial charge in [0.2, 0.25) is 0 Å². The molecule has 0 unspecified atom stereocenters. The van der Waals surface area contributed by atoms with Gasteiger partial charge >= 0.3 is 0 Å². The Morgan fingerprint density at radius 2 is 1.46 bits per heavy atom. The molecule has 0 aliphatic heterocycles. The van der Waals surface area contributed by atoms with Crippen molar-refractivity contribution in [3.05, 3.63) is 72.3 Å². The minimum Gasteiger partial charge on any atom is -0.455 e. The second kappa shape index (κ2) is 5.10. The van der Waals surface area contributed by atoms with Crippen molar-refractivity contribution in [1.82, 2.24) is 0 Å². The Kier molecular flexibility index (Phi) is 2.90. The Morgan fingerprint density at radius 3 is 2.38 bits per heavy atom. The maximum absolute atomic E-state index is 6.30. The molecule has 0 N–H and O–H groups in total. The molecule has 5 rings (SSSR count). The SMILES string of the molecule is CCCc1ccc2c(c1)oc1c2ccc2c3ccccc3ccc21. The predicted octanol–water partition coefficient (Wildman–Crippen LogP) is 6.84. The largest absolute Gasteiger partial charge is 0.455 e. The summed E-state index contributed by atoms with van der Waals surface area (Å²) in [7, 11) is 0. The van der Waals surface area contributed by atoms with E-state index in [1.54, 1.807) is 0 Å². The highest BCUT2D eigenvalue weighted by Gasteiger charge is 2.12. The van der Waals surface area contributed by atoms with Gasteiger partial charge in [-0.15, -0.1) is 0 Å². The Bertz CT molecular complexity index is 1210. The zero-order chi connectivity index (χ0) is 16.1. The van der Waals surface area contributed by atoms with E-state index in [1.165, 1.54) is 37.9 Å². The van der Waals surface area contributed by atoms with Crippen LogP contribution in [0.5, 0.6) is 0 Å². The number of fused-ring (bicyclic) bond motifs is 7. The first-order valence-corrected chi connectivity index (χ1v) is 8.61. The van der Waals surface area contributed by atoms with E-state index in [9.17, 15) is 0 Å². The maximum atomic E-state index is 6.30. The van der Waals surface area contributed by atoms with Crippen molar-refractivity contribution in [3.63, 3.8) is 0 Å². The van der Waals surface area contributed by atoms with Crippen molar-refractivity contribution in [1.29, 1.82) is 0 Å². The third-order valence-electron chi connectivity index (χ3n) is 4.96. The average molecular weight is 310 g/mol. The second-order valence-electron chi connectivity index (χ2n) is 6.51. The number of hydrogen-bond donors (Lipinski definition) is 0. The van der Waals surface area contributed by atoms with Crippen LogP contribution in [0.2, 0.25) is 0 Å². The van der Waals surface area contributed by atoms with Gasteiger partial charge < -0.3 is 4.42 Å². The van der Waals surface area contributed by atoms with E-state index in [1.807, 2.05) is 0 Å². The van der Waals surface area contributed by atoms with Crippen molar-refractivity contribution in [2.75, 3.05) is 0 Å². The van der Waals surface area contributed by atoms with Crippen molar-refractivity contribution in [2.45, 2.75) is 19.8 Å². The topological polar surface area (TPSA) is 13.1 Å². The number of furan rings is 1. The van der Waals surface area contributed by atoms with E-state index in [0.717, 1.165) is 24.0 Å². The number of hydrogen-bond acceptors (Lipinski definition) is 1. The molecule has 0 aliphatic carbocycles. The fourth-order valence-corrected chi connectivity index (χ4v) is 3.81. The van der Waals surface area contributed by atoms with E-state index >= 15 is 0 Å². The molecule has 0 fully saturated rings. The highest BCUT2D eigenvalue weighted by Crippen LogP contribution is 2.36. The monoisotopic (exact) mass is 310 g/mol. The summed E-state index contributed by atoms with van der Waals surface area (Å²) in [6, 6.07) is 24.0. The first kappa shape index (κ1) is 13.6. The summed E-state index contributed by atoms with van der Waals surface area (Å²) in [4.78, 5) is 0. The highest BCUT2D eigenvalue weighted by molar-refractivity contribution is 6.20. The molecule has 1 heterocycles. The Labute approximate surface area is 140 Å². The van der Waals surface area contributed by atoms with Crippen molar-refractivity contribution in [2.24, 2.45) is 0 Å². The van der Waals surface area contributed by atoms with Crippen molar-refractivity contribution >= 4 is 43.5 Å². The maximum Gasteiger partial charge on any atom is 0.143 e. The lowest BCUT2D eigenvalue weighted by molar-refractivity contribution is 0.671. The van der Waals surface area contributed by atoms with Crippen LogP contribution in [0.1, 0.15) is 18.9 Å². The summed E-state index contributed by atoms with van der Waals surface area (Å²) >= 11 is 0. The van der Waals surface area contributed by atoms with Crippen LogP contribution < -0.4 is 0 Å². The molecular weight excluding hydrogens is 292 g/mol. The standard InChI is InChI=1S/C23H18O/c1-2-5-15-8-10-19-21-13-12-18-17-7-4-3-6-16(17)9-11-20(18)23(21)24-22(19)14-15/h3-4,6-14H,2,5H2,1H3. The predicted molar refractivity (Wildman–Crippen MR) is 103 cm³/mol. The zero-order valence-electron chi connectivity index (χ0n) is 13.7. The van der Waals surface area contributed by atoms with Gasteiger partial charge in [-0.05, 0) is 46.3 Å². The molecule has 0 bridgehead atoms. The van der Waals surface area contributed by atoms with Gasteiger partial charge in [0.15, 0.2) is 0 Å². The van der Waals surface area contributed by atoms with Crippen molar-refractivity contribution < 1.29 is 4.42 Å². The second-order valence-corrected chi connectivity index (χ2v) is 6.51. The highest BCUT2D eigenvalue weighted by atomic mass is 16.3. The van der Waals surface area contributed by atoms with E-state index in [-0.39, 0.29) is 0 Å². The molecule has 24 heavy (non-hydrogen) atoms. The third kappa shape index (κ3) is 1.88. The summed E-state index contributed by atoms with van der Waals surface area (Å²) in [5, 5.41) is 7.42. The van der Waals surface area contributed by atoms with Crippen LogP contribution in [0.15, 0.2) is 71.1 Å². The minimum absolute atomic E-state index is 0.997.